The second-order valence-electron chi connectivity index (χ2n) is 6.86. The van der Waals surface area contributed by atoms with E-state index in [1.807, 2.05) is 43.3 Å². The number of carbonyl (C=O) groups excluding carboxylic acids is 1. The Bertz CT molecular complexity index is 1200. The fourth-order valence-electron chi connectivity index (χ4n) is 3.04. The molecule has 0 spiro atoms. The van der Waals surface area contributed by atoms with Crippen molar-refractivity contribution >= 4 is 23.4 Å². The van der Waals surface area contributed by atoms with E-state index >= 15 is 0 Å². The van der Waals surface area contributed by atoms with Gasteiger partial charge in [0.2, 0.25) is 17.0 Å². The van der Waals surface area contributed by atoms with Crippen molar-refractivity contribution < 1.29 is 9.21 Å². The molecule has 0 saturated carbocycles. The summed E-state index contributed by atoms with van der Waals surface area (Å²) in [6.07, 6.45) is 1.66. The molecule has 1 N–H and O–H groups in total. The van der Waals surface area contributed by atoms with Crippen molar-refractivity contribution in [3.05, 3.63) is 65.5 Å². The van der Waals surface area contributed by atoms with Crippen LogP contribution in [0.15, 0.2) is 58.3 Å². The van der Waals surface area contributed by atoms with Crippen LogP contribution in [0.3, 0.4) is 0 Å². The molecule has 4 aromatic rings. The largest absolute Gasteiger partial charge is 0.444 e. The van der Waals surface area contributed by atoms with Gasteiger partial charge in [-0.2, -0.15) is 4.68 Å². The molecular formula is C21H20N6O2S. The number of aryl methyl sites for hydroxylation is 2. The van der Waals surface area contributed by atoms with Crippen molar-refractivity contribution in [1.82, 2.24) is 25.2 Å². The lowest BCUT2D eigenvalue weighted by Gasteiger charge is -2.06. The van der Waals surface area contributed by atoms with Crippen LogP contribution in [-0.4, -0.2) is 31.1 Å². The maximum Gasteiger partial charge on any atom is 0.226 e. The number of aromatic nitrogens is 5. The van der Waals surface area contributed by atoms with E-state index in [4.69, 9.17) is 4.42 Å². The lowest BCUT2D eigenvalue weighted by Crippen LogP contribution is -2.07. The molecule has 8 nitrogen and oxygen atoms in total. The molecular weight excluding hydrogens is 400 g/mol. The molecule has 2 aromatic carbocycles. The number of rotatable bonds is 6. The molecule has 152 valence electrons. The number of benzene rings is 2. The molecule has 0 aliphatic carbocycles. The third kappa shape index (κ3) is 4.41. The number of thioether (sulfide) groups is 1. The Balaban J connectivity index is 1.49. The van der Waals surface area contributed by atoms with Gasteiger partial charge in [-0.25, -0.2) is 4.98 Å². The van der Waals surface area contributed by atoms with Crippen LogP contribution in [-0.2, 0) is 10.5 Å². The van der Waals surface area contributed by atoms with Crippen molar-refractivity contribution in [2.45, 2.75) is 31.7 Å². The molecule has 0 atom stereocenters. The first-order valence-electron chi connectivity index (χ1n) is 9.31. The van der Waals surface area contributed by atoms with E-state index in [9.17, 15) is 4.79 Å². The highest BCUT2D eigenvalue weighted by Gasteiger charge is 2.13. The van der Waals surface area contributed by atoms with Crippen LogP contribution in [0.25, 0.3) is 17.1 Å². The molecule has 4 rings (SSSR count). The fraction of sp³-hybridized carbons (Fsp3) is 0.190. The number of carbonyl (C=O) groups is 1. The number of tetrazole rings is 1. The third-order valence-electron chi connectivity index (χ3n) is 4.37. The summed E-state index contributed by atoms with van der Waals surface area (Å²) >= 11 is 1.45. The highest BCUT2D eigenvalue weighted by Crippen LogP contribution is 2.27. The van der Waals surface area contributed by atoms with Crippen molar-refractivity contribution in [1.29, 1.82) is 0 Å². The van der Waals surface area contributed by atoms with E-state index in [-0.39, 0.29) is 5.91 Å². The van der Waals surface area contributed by atoms with Crippen molar-refractivity contribution in [2.75, 3.05) is 5.32 Å². The summed E-state index contributed by atoms with van der Waals surface area (Å²) in [5.74, 6) is 1.02. The van der Waals surface area contributed by atoms with E-state index in [1.165, 1.54) is 24.2 Å². The minimum Gasteiger partial charge on any atom is -0.444 e. The molecule has 0 fully saturated rings. The lowest BCUT2D eigenvalue weighted by atomic mass is 10.1. The zero-order valence-electron chi connectivity index (χ0n) is 16.8. The van der Waals surface area contributed by atoms with Gasteiger partial charge >= 0.3 is 0 Å². The first-order valence-corrected chi connectivity index (χ1v) is 10.3. The highest BCUT2D eigenvalue weighted by atomic mass is 32.2. The van der Waals surface area contributed by atoms with Crippen molar-refractivity contribution in [2.24, 2.45) is 0 Å². The maximum absolute atomic E-state index is 11.3. The van der Waals surface area contributed by atoms with Gasteiger partial charge in [-0.3, -0.25) is 4.79 Å². The van der Waals surface area contributed by atoms with Crippen LogP contribution in [0.5, 0.6) is 0 Å². The van der Waals surface area contributed by atoms with Crippen molar-refractivity contribution in [3.8, 4) is 17.1 Å². The normalized spacial score (nSPS) is 10.9. The van der Waals surface area contributed by atoms with Crippen molar-refractivity contribution in [3.63, 3.8) is 0 Å². The van der Waals surface area contributed by atoms with Crippen LogP contribution in [0, 0.1) is 13.8 Å². The summed E-state index contributed by atoms with van der Waals surface area (Å²) in [7, 11) is 0. The molecule has 30 heavy (non-hydrogen) atoms. The topological polar surface area (TPSA) is 98.7 Å². The average molecular weight is 420 g/mol. The SMILES string of the molecule is CC(=O)Nc1cccc(-n2nnnc2SCc2coc(-c3ccc(C)cc3C)n2)c1. The number of oxazole rings is 1. The quantitative estimate of drug-likeness (QED) is 0.467. The predicted octanol–water partition coefficient (Wildman–Crippen LogP) is 4.18. The molecule has 0 saturated heterocycles. The van der Waals surface area contributed by atoms with E-state index in [0.29, 0.717) is 22.5 Å². The molecule has 0 bridgehead atoms. The number of amides is 1. The van der Waals surface area contributed by atoms with Gasteiger partial charge in [0, 0.05) is 23.9 Å². The van der Waals surface area contributed by atoms with Gasteiger partial charge in [0.15, 0.2) is 0 Å². The highest BCUT2D eigenvalue weighted by molar-refractivity contribution is 7.98. The average Bonchev–Trinajstić information content (AvgIpc) is 3.35. The van der Waals surface area contributed by atoms with Crippen LogP contribution in [0.4, 0.5) is 5.69 Å². The number of hydrogen-bond acceptors (Lipinski definition) is 7. The van der Waals surface area contributed by atoms with E-state index in [1.54, 1.807) is 10.9 Å². The van der Waals surface area contributed by atoms with Gasteiger partial charge in [-0.15, -0.1) is 5.10 Å². The summed E-state index contributed by atoms with van der Waals surface area (Å²) in [6, 6.07) is 13.5. The van der Waals surface area contributed by atoms with Gasteiger partial charge < -0.3 is 9.73 Å². The number of hydrogen-bond donors (Lipinski definition) is 1. The first-order chi connectivity index (χ1) is 14.5. The van der Waals surface area contributed by atoms with Gasteiger partial charge in [0.1, 0.15) is 6.26 Å². The minimum absolute atomic E-state index is 0.135. The summed E-state index contributed by atoms with van der Waals surface area (Å²) in [6.45, 7) is 5.57. The second kappa shape index (κ2) is 8.50. The molecule has 2 heterocycles. The van der Waals surface area contributed by atoms with Gasteiger partial charge in [0.05, 0.1) is 11.4 Å². The molecule has 0 radical (unpaired) electrons. The number of nitrogens with zero attached hydrogens (tertiary/aromatic N) is 5. The predicted molar refractivity (Wildman–Crippen MR) is 114 cm³/mol. The lowest BCUT2D eigenvalue weighted by molar-refractivity contribution is -0.114. The zero-order chi connectivity index (χ0) is 21.1. The van der Waals surface area contributed by atoms with Crippen LogP contribution in [0.1, 0.15) is 23.7 Å². The van der Waals surface area contributed by atoms with E-state index in [2.05, 4.69) is 38.8 Å². The summed E-state index contributed by atoms with van der Waals surface area (Å²) < 4.78 is 7.31. The number of nitrogens with one attached hydrogen (secondary N) is 1. The smallest absolute Gasteiger partial charge is 0.226 e. The maximum atomic E-state index is 11.3. The minimum atomic E-state index is -0.135. The van der Waals surface area contributed by atoms with Crippen LogP contribution >= 0.6 is 11.8 Å². The Kier molecular flexibility index (Phi) is 5.62. The summed E-state index contributed by atoms with van der Waals surface area (Å²) in [5.41, 5.74) is 5.55. The van der Waals surface area contributed by atoms with Crippen LogP contribution < -0.4 is 5.32 Å². The fourth-order valence-corrected chi connectivity index (χ4v) is 3.81. The number of anilines is 1. The molecule has 9 heteroatoms. The third-order valence-corrected chi connectivity index (χ3v) is 5.32. The monoisotopic (exact) mass is 420 g/mol. The molecule has 0 unspecified atom stereocenters. The summed E-state index contributed by atoms with van der Waals surface area (Å²) in [4.78, 5) is 15.9. The van der Waals surface area contributed by atoms with Crippen LogP contribution in [0.2, 0.25) is 0 Å². The van der Waals surface area contributed by atoms with E-state index in [0.717, 1.165) is 22.5 Å². The standard InChI is InChI=1S/C21H20N6O2S/c1-13-7-8-19(14(2)9-13)20-23-17(11-29-20)12-30-21-24-25-26-27(21)18-6-4-5-16(10-18)22-15(3)28/h4-11H,12H2,1-3H3,(H,22,28). The van der Waals surface area contributed by atoms with E-state index < -0.39 is 0 Å². The Hall–Kier alpha value is -3.46. The molecule has 1 amide bonds. The Labute approximate surface area is 177 Å². The molecule has 0 aliphatic heterocycles. The first kappa shape index (κ1) is 19.8. The zero-order valence-corrected chi connectivity index (χ0v) is 17.6. The van der Waals surface area contributed by atoms with Gasteiger partial charge in [0.25, 0.3) is 0 Å². The van der Waals surface area contributed by atoms with Gasteiger partial charge in [-0.05, 0) is 54.1 Å². The Morgan fingerprint density at radius 2 is 2.07 bits per heavy atom. The van der Waals surface area contributed by atoms with Gasteiger partial charge in [-0.1, -0.05) is 35.5 Å². The summed E-state index contributed by atoms with van der Waals surface area (Å²) in [5, 5.41) is 15.3. The molecule has 2 aromatic heterocycles. The molecule has 0 aliphatic rings. The Morgan fingerprint density at radius 3 is 2.87 bits per heavy atom. The Morgan fingerprint density at radius 1 is 1.20 bits per heavy atom. The second-order valence-corrected chi connectivity index (χ2v) is 7.80.